The van der Waals surface area contributed by atoms with Gasteiger partial charge in [-0.15, -0.1) is 0 Å². The van der Waals surface area contributed by atoms with Crippen molar-refractivity contribution in [3.05, 3.63) is 83.9 Å². The normalized spacial score (nSPS) is 16.4. The number of alkyl halides is 3. The highest BCUT2D eigenvalue weighted by atomic mass is 19.4. The van der Waals surface area contributed by atoms with Gasteiger partial charge in [0.2, 0.25) is 5.91 Å². The van der Waals surface area contributed by atoms with E-state index in [1.54, 1.807) is 31.2 Å². The average molecular weight is 622 g/mol. The number of carbonyl (C=O) groups excluding carboxylic acids is 3. The molecule has 2 saturated heterocycles. The van der Waals surface area contributed by atoms with E-state index in [0.29, 0.717) is 67.3 Å². The number of carbonyl (C=O) groups is 3. The average Bonchev–Trinajstić information content (AvgIpc) is 3.05. The minimum Gasteiger partial charge on any atom is -0.466 e. The third-order valence-electron chi connectivity index (χ3n) is 8.73. The van der Waals surface area contributed by atoms with Gasteiger partial charge >= 0.3 is 12.1 Å². The number of hydrogen-bond acceptors (Lipinski definition) is 5. The zero-order chi connectivity index (χ0) is 32.0. The zero-order valence-electron chi connectivity index (χ0n) is 25.3. The van der Waals surface area contributed by atoms with Crippen molar-refractivity contribution in [1.29, 1.82) is 0 Å². The number of nitrogens with one attached hydrogen (secondary N) is 1. The van der Waals surface area contributed by atoms with Crippen molar-refractivity contribution < 1.29 is 32.3 Å². The number of likely N-dealkylation sites (tertiary alicyclic amines) is 1. The third kappa shape index (κ3) is 8.04. The molecule has 7 nitrogen and oxygen atoms in total. The number of ether oxygens (including phenoxy) is 1. The molecular weight excluding hydrogens is 583 g/mol. The summed E-state index contributed by atoms with van der Waals surface area (Å²) >= 11 is 0. The second-order valence-electron chi connectivity index (χ2n) is 11.7. The zero-order valence-corrected chi connectivity index (χ0v) is 25.3. The van der Waals surface area contributed by atoms with Crippen molar-refractivity contribution in [2.24, 2.45) is 11.8 Å². The highest BCUT2D eigenvalue weighted by Crippen LogP contribution is 2.33. The largest absolute Gasteiger partial charge is 0.466 e. The second kappa shape index (κ2) is 14.2. The summed E-state index contributed by atoms with van der Waals surface area (Å²) in [6.07, 6.45) is -0.774. The summed E-state index contributed by atoms with van der Waals surface area (Å²) in [6.45, 7) is 5.04. The summed E-state index contributed by atoms with van der Waals surface area (Å²) in [4.78, 5) is 42.2. The van der Waals surface area contributed by atoms with Gasteiger partial charge in [0.1, 0.15) is 0 Å². The third-order valence-corrected chi connectivity index (χ3v) is 8.73. The standard InChI is InChI=1S/C35H38F3N3O4/c1-2-45-34(44)26-17-21-41(22-18-26)32(42)23-24-15-19-40(20-16-24)29-13-11-28(12-14-29)39-33(43)31-6-4-3-5-30(31)25-7-9-27(10-8-25)35(36,37)38/h3-14,24,26H,2,15-23H2,1H3,(H,39,43). The molecule has 0 aromatic heterocycles. The molecule has 238 valence electrons. The van der Waals surface area contributed by atoms with Crippen LogP contribution in [0.1, 0.15) is 54.9 Å². The van der Waals surface area contributed by atoms with E-state index < -0.39 is 11.7 Å². The number of nitrogens with zero attached hydrogens (tertiary/aromatic N) is 2. The molecule has 0 saturated carbocycles. The Morgan fingerprint density at radius 3 is 2.11 bits per heavy atom. The van der Waals surface area contributed by atoms with Crippen LogP contribution in [-0.2, 0) is 20.5 Å². The van der Waals surface area contributed by atoms with Crippen LogP contribution in [0.2, 0.25) is 0 Å². The summed E-state index contributed by atoms with van der Waals surface area (Å²) in [6, 6.07) is 19.2. The van der Waals surface area contributed by atoms with E-state index in [-0.39, 0.29) is 23.7 Å². The first-order valence-corrected chi connectivity index (χ1v) is 15.5. The fraction of sp³-hybridized carbons (Fsp3) is 0.400. The number of amides is 2. The lowest BCUT2D eigenvalue weighted by molar-refractivity contribution is -0.151. The first-order chi connectivity index (χ1) is 21.6. The van der Waals surface area contributed by atoms with E-state index in [9.17, 15) is 27.6 Å². The van der Waals surface area contributed by atoms with Crippen molar-refractivity contribution in [2.75, 3.05) is 43.0 Å². The molecule has 3 aromatic carbocycles. The van der Waals surface area contributed by atoms with E-state index in [4.69, 9.17) is 4.74 Å². The SMILES string of the molecule is CCOC(=O)C1CCN(C(=O)CC2CCN(c3ccc(NC(=O)c4ccccc4-c4ccc(C(F)(F)F)cc4)cc3)CC2)CC1. The Hall–Kier alpha value is -4.34. The van der Waals surface area contributed by atoms with Gasteiger partial charge < -0.3 is 19.9 Å². The van der Waals surface area contributed by atoms with Crippen molar-refractivity contribution >= 4 is 29.2 Å². The van der Waals surface area contributed by atoms with Crippen LogP contribution < -0.4 is 10.2 Å². The Balaban J connectivity index is 1.11. The quantitative estimate of drug-likeness (QED) is 0.273. The summed E-state index contributed by atoms with van der Waals surface area (Å²) in [5.41, 5.74) is 2.33. The Bertz CT molecular complexity index is 1480. The summed E-state index contributed by atoms with van der Waals surface area (Å²) in [7, 11) is 0. The number of benzene rings is 3. The Morgan fingerprint density at radius 1 is 0.844 bits per heavy atom. The molecule has 2 amide bonds. The van der Waals surface area contributed by atoms with Crippen LogP contribution in [0.15, 0.2) is 72.8 Å². The van der Waals surface area contributed by atoms with Crippen molar-refractivity contribution in [1.82, 2.24) is 4.90 Å². The van der Waals surface area contributed by atoms with Crippen molar-refractivity contribution in [3.63, 3.8) is 0 Å². The van der Waals surface area contributed by atoms with Gasteiger partial charge in [0.25, 0.3) is 5.91 Å². The van der Waals surface area contributed by atoms with Gasteiger partial charge in [-0.25, -0.2) is 0 Å². The number of anilines is 2. The van der Waals surface area contributed by atoms with Crippen molar-refractivity contribution in [3.8, 4) is 11.1 Å². The molecule has 0 spiro atoms. The lowest BCUT2D eigenvalue weighted by Gasteiger charge is -2.35. The van der Waals surface area contributed by atoms with Crippen molar-refractivity contribution in [2.45, 2.75) is 45.2 Å². The highest BCUT2D eigenvalue weighted by Gasteiger charge is 2.31. The number of halogens is 3. The second-order valence-corrected chi connectivity index (χ2v) is 11.7. The molecule has 2 fully saturated rings. The van der Waals surface area contributed by atoms with Crippen LogP contribution >= 0.6 is 0 Å². The molecule has 2 aliphatic rings. The Labute approximate surface area is 261 Å². The first-order valence-electron chi connectivity index (χ1n) is 15.5. The van der Waals surface area contributed by atoms with Gasteiger partial charge in [0.05, 0.1) is 18.1 Å². The molecule has 0 bridgehead atoms. The predicted octanol–water partition coefficient (Wildman–Crippen LogP) is 7.03. The molecule has 0 atom stereocenters. The van der Waals surface area contributed by atoms with Gasteiger partial charge in [0.15, 0.2) is 0 Å². The highest BCUT2D eigenvalue weighted by molar-refractivity contribution is 6.08. The van der Waals surface area contributed by atoms with E-state index >= 15 is 0 Å². The van der Waals surface area contributed by atoms with E-state index in [1.807, 2.05) is 29.2 Å². The number of piperidine rings is 2. The van der Waals surface area contributed by atoms with E-state index in [0.717, 1.165) is 43.8 Å². The summed E-state index contributed by atoms with van der Waals surface area (Å²) in [5, 5.41) is 2.90. The van der Waals surface area contributed by atoms with Gasteiger partial charge in [-0.1, -0.05) is 30.3 Å². The maximum absolute atomic E-state index is 13.2. The van der Waals surface area contributed by atoms with Gasteiger partial charge in [-0.2, -0.15) is 13.2 Å². The van der Waals surface area contributed by atoms with Crippen LogP contribution in [0.25, 0.3) is 11.1 Å². The lowest BCUT2D eigenvalue weighted by atomic mass is 9.91. The maximum atomic E-state index is 13.2. The molecule has 0 aliphatic carbocycles. The summed E-state index contributed by atoms with van der Waals surface area (Å²) in [5.74, 6) is -0.140. The van der Waals surface area contributed by atoms with E-state index in [2.05, 4.69) is 10.2 Å². The first kappa shape index (κ1) is 32.1. The Kier molecular flexibility index (Phi) is 10.1. The fourth-order valence-electron chi connectivity index (χ4n) is 6.12. The molecule has 2 aliphatic heterocycles. The Morgan fingerprint density at radius 2 is 1.49 bits per heavy atom. The van der Waals surface area contributed by atoms with E-state index in [1.165, 1.54) is 12.1 Å². The van der Waals surface area contributed by atoms with Crippen LogP contribution in [0, 0.1) is 11.8 Å². The number of esters is 1. The minimum absolute atomic E-state index is 0.111. The van der Waals surface area contributed by atoms with Gasteiger partial charge in [0, 0.05) is 49.5 Å². The van der Waals surface area contributed by atoms with Gasteiger partial charge in [-0.3, -0.25) is 14.4 Å². The molecule has 0 unspecified atom stereocenters. The molecule has 2 heterocycles. The topological polar surface area (TPSA) is 79.0 Å². The summed E-state index contributed by atoms with van der Waals surface area (Å²) < 4.78 is 44.1. The molecule has 5 rings (SSSR count). The van der Waals surface area contributed by atoms with Crippen LogP contribution in [0.3, 0.4) is 0 Å². The fourth-order valence-corrected chi connectivity index (χ4v) is 6.12. The van der Waals surface area contributed by atoms with Crippen LogP contribution in [0.5, 0.6) is 0 Å². The molecule has 3 aromatic rings. The smallest absolute Gasteiger partial charge is 0.416 e. The molecule has 0 radical (unpaired) electrons. The van der Waals surface area contributed by atoms with Gasteiger partial charge in [-0.05, 0) is 92.1 Å². The molecule has 10 heteroatoms. The van der Waals surface area contributed by atoms with Crippen LogP contribution in [0.4, 0.5) is 24.5 Å². The monoisotopic (exact) mass is 621 g/mol. The number of hydrogen-bond donors (Lipinski definition) is 1. The molecule has 1 N–H and O–H groups in total. The predicted molar refractivity (Wildman–Crippen MR) is 167 cm³/mol. The maximum Gasteiger partial charge on any atom is 0.416 e. The minimum atomic E-state index is -4.43. The van der Waals surface area contributed by atoms with Crippen LogP contribution in [-0.4, -0.2) is 55.5 Å². The number of rotatable bonds is 8. The molecular formula is C35H38F3N3O4. The lowest BCUT2D eigenvalue weighted by Crippen LogP contribution is -2.42. The molecule has 45 heavy (non-hydrogen) atoms.